The minimum Gasteiger partial charge on any atom is -0.246 e. The predicted octanol–water partition coefficient (Wildman–Crippen LogP) is 4.63. The first-order chi connectivity index (χ1) is 9.34. The van der Waals surface area contributed by atoms with Crippen LogP contribution in [0.2, 0.25) is 0 Å². The van der Waals surface area contributed by atoms with Gasteiger partial charge in [-0.1, -0.05) is 60.7 Å². The summed E-state index contributed by atoms with van der Waals surface area (Å²) in [6.45, 7) is 2.06. The maximum atomic E-state index is 4.68. The van der Waals surface area contributed by atoms with Gasteiger partial charge in [-0.25, -0.2) is 4.98 Å². The fourth-order valence-electron chi connectivity index (χ4n) is 2.34. The number of benzene rings is 2. The summed E-state index contributed by atoms with van der Waals surface area (Å²) in [4.78, 5) is 4.68. The first kappa shape index (κ1) is 12.1. The van der Waals surface area contributed by atoms with Gasteiger partial charge in [-0.05, 0) is 18.1 Å². The molecule has 0 aliphatic heterocycles. The molecule has 0 spiro atoms. The second kappa shape index (κ2) is 5.37. The second-order valence-electron chi connectivity index (χ2n) is 4.55. The quantitative estimate of drug-likeness (QED) is 0.672. The number of rotatable bonds is 3. The van der Waals surface area contributed by atoms with Crippen LogP contribution in [0.3, 0.4) is 0 Å². The molecule has 0 aliphatic rings. The minimum absolute atomic E-state index is 0.229. The Balaban J connectivity index is 2.11. The van der Waals surface area contributed by atoms with E-state index in [9.17, 15) is 0 Å². The van der Waals surface area contributed by atoms with Crippen molar-refractivity contribution in [2.24, 2.45) is 0 Å². The highest BCUT2D eigenvalue weighted by molar-refractivity contribution is 7.09. The largest absolute Gasteiger partial charge is 0.246 e. The van der Waals surface area contributed by atoms with Crippen molar-refractivity contribution in [3.63, 3.8) is 0 Å². The lowest BCUT2D eigenvalue weighted by Crippen LogP contribution is -2.03. The van der Waals surface area contributed by atoms with Gasteiger partial charge in [0.15, 0.2) is 0 Å². The number of hydrogen-bond acceptors (Lipinski definition) is 2. The van der Waals surface area contributed by atoms with E-state index in [1.54, 1.807) is 11.3 Å². The molecule has 19 heavy (non-hydrogen) atoms. The third-order valence-electron chi connectivity index (χ3n) is 3.20. The molecule has 0 aliphatic carbocycles. The van der Waals surface area contributed by atoms with Crippen LogP contribution >= 0.6 is 11.3 Å². The molecule has 0 N–H and O–H groups in total. The van der Waals surface area contributed by atoms with E-state index < -0.39 is 0 Å². The molecule has 0 saturated heterocycles. The standard InChI is InChI=1S/C17H15NS/c1-13-18-16(12-19-13)17(14-8-4-2-5-9-14)15-10-6-3-7-11-15/h2-12,17H,1H3. The summed E-state index contributed by atoms with van der Waals surface area (Å²) in [7, 11) is 0. The molecule has 0 fully saturated rings. The smallest absolute Gasteiger partial charge is 0.0897 e. The van der Waals surface area contributed by atoms with Crippen molar-refractivity contribution in [3.8, 4) is 0 Å². The van der Waals surface area contributed by atoms with Gasteiger partial charge in [0.2, 0.25) is 0 Å². The van der Waals surface area contributed by atoms with E-state index in [2.05, 4.69) is 78.0 Å². The molecule has 94 valence electrons. The molecule has 0 unspecified atom stereocenters. The Labute approximate surface area is 117 Å². The molecule has 1 nitrogen and oxygen atoms in total. The minimum atomic E-state index is 0.229. The Morgan fingerprint density at radius 2 is 1.37 bits per heavy atom. The maximum Gasteiger partial charge on any atom is 0.0897 e. The summed E-state index contributed by atoms with van der Waals surface area (Å²) in [6.07, 6.45) is 0. The topological polar surface area (TPSA) is 12.9 Å². The van der Waals surface area contributed by atoms with Gasteiger partial charge in [0.1, 0.15) is 0 Å². The molecule has 0 saturated carbocycles. The van der Waals surface area contributed by atoms with Gasteiger partial charge >= 0.3 is 0 Å². The summed E-state index contributed by atoms with van der Waals surface area (Å²) >= 11 is 1.71. The number of aromatic nitrogens is 1. The van der Waals surface area contributed by atoms with E-state index in [1.165, 1.54) is 11.1 Å². The molecule has 0 bridgehead atoms. The highest BCUT2D eigenvalue weighted by atomic mass is 32.1. The van der Waals surface area contributed by atoms with Gasteiger partial charge in [-0.3, -0.25) is 0 Å². The zero-order valence-electron chi connectivity index (χ0n) is 10.8. The van der Waals surface area contributed by atoms with E-state index >= 15 is 0 Å². The number of nitrogens with zero attached hydrogens (tertiary/aromatic N) is 1. The van der Waals surface area contributed by atoms with Crippen LogP contribution in [0.15, 0.2) is 66.0 Å². The van der Waals surface area contributed by atoms with Gasteiger partial charge in [0.25, 0.3) is 0 Å². The van der Waals surface area contributed by atoms with E-state index in [-0.39, 0.29) is 5.92 Å². The lowest BCUT2D eigenvalue weighted by molar-refractivity contribution is 0.926. The molecule has 0 amide bonds. The Bertz CT molecular complexity index is 604. The molecule has 0 atom stereocenters. The average Bonchev–Trinajstić information content (AvgIpc) is 2.88. The zero-order valence-corrected chi connectivity index (χ0v) is 11.6. The summed E-state index contributed by atoms with van der Waals surface area (Å²) in [6, 6.07) is 21.1. The molecule has 1 heterocycles. The van der Waals surface area contributed by atoms with Crippen LogP contribution in [0.5, 0.6) is 0 Å². The molecule has 3 aromatic rings. The fraction of sp³-hybridized carbons (Fsp3) is 0.118. The lowest BCUT2D eigenvalue weighted by Gasteiger charge is -2.15. The average molecular weight is 265 g/mol. The lowest BCUT2D eigenvalue weighted by atomic mass is 9.89. The number of thiazole rings is 1. The van der Waals surface area contributed by atoms with Crippen LogP contribution in [0.4, 0.5) is 0 Å². The first-order valence-electron chi connectivity index (χ1n) is 6.36. The molecular weight excluding hydrogens is 250 g/mol. The summed E-state index contributed by atoms with van der Waals surface area (Å²) < 4.78 is 0. The molecule has 2 heteroatoms. The van der Waals surface area contributed by atoms with Crippen LogP contribution in [0.25, 0.3) is 0 Å². The molecule has 2 aromatic carbocycles. The van der Waals surface area contributed by atoms with Crippen molar-refractivity contribution in [2.75, 3.05) is 0 Å². The van der Waals surface area contributed by atoms with E-state index in [0.29, 0.717) is 0 Å². The van der Waals surface area contributed by atoms with Crippen LogP contribution in [0.1, 0.15) is 27.7 Å². The first-order valence-corrected chi connectivity index (χ1v) is 7.24. The molecular formula is C17H15NS. The fourth-order valence-corrected chi connectivity index (χ4v) is 2.98. The number of aryl methyl sites for hydroxylation is 1. The Morgan fingerprint density at radius 3 is 1.79 bits per heavy atom. The van der Waals surface area contributed by atoms with Crippen molar-refractivity contribution in [3.05, 3.63) is 87.9 Å². The summed E-state index contributed by atoms with van der Waals surface area (Å²) in [5, 5.41) is 3.28. The van der Waals surface area contributed by atoms with Crippen LogP contribution in [-0.4, -0.2) is 4.98 Å². The Hall–Kier alpha value is -1.93. The molecule has 1 aromatic heterocycles. The zero-order chi connectivity index (χ0) is 13.1. The Morgan fingerprint density at radius 1 is 0.842 bits per heavy atom. The predicted molar refractivity (Wildman–Crippen MR) is 80.7 cm³/mol. The van der Waals surface area contributed by atoms with Crippen LogP contribution in [0, 0.1) is 6.92 Å². The normalized spacial score (nSPS) is 10.8. The van der Waals surface area contributed by atoms with E-state index in [0.717, 1.165) is 10.7 Å². The van der Waals surface area contributed by atoms with Crippen molar-refractivity contribution < 1.29 is 0 Å². The van der Waals surface area contributed by atoms with Gasteiger partial charge in [-0.2, -0.15) is 0 Å². The number of hydrogen-bond donors (Lipinski definition) is 0. The van der Waals surface area contributed by atoms with Gasteiger partial charge in [0, 0.05) is 5.38 Å². The van der Waals surface area contributed by atoms with Crippen LogP contribution < -0.4 is 0 Å². The van der Waals surface area contributed by atoms with Crippen molar-refractivity contribution in [1.29, 1.82) is 0 Å². The molecule has 3 rings (SSSR count). The summed E-state index contributed by atoms with van der Waals surface area (Å²) in [5.41, 5.74) is 3.72. The third-order valence-corrected chi connectivity index (χ3v) is 3.99. The third kappa shape index (κ3) is 2.59. The van der Waals surface area contributed by atoms with Crippen molar-refractivity contribution in [2.45, 2.75) is 12.8 Å². The summed E-state index contributed by atoms with van der Waals surface area (Å²) in [5.74, 6) is 0.229. The van der Waals surface area contributed by atoms with Gasteiger partial charge in [0.05, 0.1) is 16.6 Å². The second-order valence-corrected chi connectivity index (χ2v) is 5.61. The molecule has 0 radical (unpaired) electrons. The highest BCUT2D eigenvalue weighted by Crippen LogP contribution is 2.32. The van der Waals surface area contributed by atoms with Crippen LogP contribution in [-0.2, 0) is 0 Å². The monoisotopic (exact) mass is 265 g/mol. The van der Waals surface area contributed by atoms with E-state index in [4.69, 9.17) is 0 Å². The highest BCUT2D eigenvalue weighted by Gasteiger charge is 2.18. The SMILES string of the molecule is Cc1nc(C(c2ccccc2)c2ccccc2)cs1. The maximum absolute atomic E-state index is 4.68. The van der Waals surface area contributed by atoms with Crippen molar-refractivity contribution >= 4 is 11.3 Å². The van der Waals surface area contributed by atoms with Gasteiger partial charge in [-0.15, -0.1) is 11.3 Å². The van der Waals surface area contributed by atoms with E-state index in [1.807, 2.05) is 0 Å². The van der Waals surface area contributed by atoms with Gasteiger partial charge < -0.3 is 0 Å². The van der Waals surface area contributed by atoms with Crippen molar-refractivity contribution in [1.82, 2.24) is 4.98 Å². The Kier molecular flexibility index (Phi) is 3.43.